The van der Waals surface area contributed by atoms with Gasteiger partial charge in [-0.3, -0.25) is 14.4 Å². The number of rotatable bonds is 10. The molecule has 2 aromatic carbocycles. The summed E-state index contributed by atoms with van der Waals surface area (Å²) in [7, 11) is 0. The predicted octanol–water partition coefficient (Wildman–Crippen LogP) is 3.84. The molecule has 194 valence electrons. The Bertz CT molecular complexity index is 1090. The number of amides is 2. The second-order valence-electron chi connectivity index (χ2n) is 9.82. The molecule has 8 heteroatoms. The van der Waals surface area contributed by atoms with Crippen molar-refractivity contribution in [2.24, 2.45) is 0 Å². The van der Waals surface area contributed by atoms with Crippen molar-refractivity contribution in [2.75, 3.05) is 5.88 Å². The van der Waals surface area contributed by atoms with Crippen molar-refractivity contribution >= 4 is 29.4 Å². The lowest BCUT2D eigenvalue weighted by Crippen LogP contribution is -2.57. The van der Waals surface area contributed by atoms with Gasteiger partial charge in [-0.15, -0.1) is 11.8 Å². The molecule has 3 rings (SSSR count). The van der Waals surface area contributed by atoms with Crippen LogP contribution >= 0.6 is 11.8 Å². The first-order chi connectivity index (χ1) is 17.1. The van der Waals surface area contributed by atoms with Gasteiger partial charge in [0.05, 0.1) is 11.9 Å². The van der Waals surface area contributed by atoms with Gasteiger partial charge in [0.25, 0.3) is 11.8 Å². The highest BCUT2D eigenvalue weighted by molar-refractivity contribution is 8.00. The number of carbonyl (C=O) groups excluding carboxylic acids is 3. The molecule has 1 fully saturated rings. The number of hydrogen-bond donors (Lipinski definition) is 3. The Morgan fingerprint density at radius 1 is 1.14 bits per heavy atom. The maximum Gasteiger partial charge on any atom is 0.254 e. The van der Waals surface area contributed by atoms with Crippen molar-refractivity contribution in [3.8, 4) is 5.75 Å². The molecule has 3 N–H and O–H groups in total. The number of ketones is 1. The van der Waals surface area contributed by atoms with Gasteiger partial charge in [0.1, 0.15) is 11.8 Å². The van der Waals surface area contributed by atoms with E-state index in [2.05, 4.69) is 5.32 Å². The quantitative estimate of drug-likeness (QED) is 0.447. The topological polar surface area (TPSA) is 107 Å². The minimum absolute atomic E-state index is 0.00793. The van der Waals surface area contributed by atoms with Crippen LogP contribution in [-0.2, 0) is 16.0 Å². The molecule has 0 unspecified atom stereocenters. The van der Waals surface area contributed by atoms with Crippen molar-refractivity contribution in [2.45, 2.75) is 76.3 Å². The standard InChI is InChI=1S/C28H36N2O5S/c1-5-6-14-23(32)25-28(3,4)36-17-30(25)27(35)24(33)21(16-19-11-8-7-9-12-19)29-26(34)20-13-10-15-22(31)18(20)2/h7-13,15,21,24-25,31,33H,5-6,14,16-17H2,1-4H3,(H,29,34)/t21-,24-,25+/m0/s1. The van der Waals surface area contributed by atoms with Crippen molar-refractivity contribution < 1.29 is 24.6 Å². The average molecular weight is 513 g/mol. The minimum atomic E-state index is -1.55. The highest BCUT2D eigenvalue weighted by Crippen LogP contribution is 2.40. The Kier molecular flexibility index (Phi) is 9.19. The largest absolute Gasteiger partial charge is 0.508 e. The molecule has 0 aromatic heterocycles. The van der Waals surface area contributed by atoms with E-state index < -0.39 is 34.7 Å². The van der Waals surface area contributed by atoms with Gasteiger partial charge in [-0.1, -0.05) is 49.7 Å². The van der Waals surface area contributed by atoms with E-state index in [1.54, 1.807) is 19.1 Å². The molecule has 1 aliphatic rings. The molecule has 2 aromatic rings. The number of thioether (sulfide) groups is 1. The maximum atomic E-state index is 13.6. The third-order valence-electron chi connectivity index (χ3n) is 6.71. The number of nitrogens with zero attached hydrogens (tertiary/aromatic N) is 1. The molecular weight excluding hydrogens is 476 g/mol. The maximum absolute atomic E-state index is 13.6. The Hall–Kier alpha value is -2.84. The van der Waals surface area contributed by atoms with Crippen LogP contribution in [-0.4, -0.2) is 61.5 Å². The number of unbranched alkanes of at least 4 members (excludes halogenated alkanes) is 1. The molecule has 0 bridgehead atoms. The van der Waals surface area contributed by atoms with Crippen LogP contribution in [0.4, 0.5) is 0 Å². The third-order valence-corrected chi connectivity index (χ3v) is 8.08. The smallest absolute Gasteiger partial charge is 0.254 e. The monoisotopic (exact) mass is 512 g/mol. The van der Waals surface area contributed by atoms with Gasteiger partial charge in [-0.25, -0.2) is 0 Å². The van der Waals surface area contributed by atoms with Crippen molar-refractivity contribution in [1.82, 2.24) is 10.2 Å². The summed E-state index contributed by atoms with van der Waals surface area (Å²) in [5.41, 5.74) is 1.51. The van der Waals surface area contributed by atoms with E-state index in [1.807, 2.05) is 51.1 Å². The van der Waals surface area contributed by atoms with E-state index in [0.717, 1.165) is 18.4 Å². The van der Waals surface area contributed by atoms with Gasteiger partial charge in [0, 0.05) is 22.3 Å². The molecule has 0 aliphatic carbocycles. The number of carbonyl (C=O) groups is 3. The molecule has 1 saturated heterocycles. The van der Waals surface area contributed by atoms with Crippen LogP contribution < -0.4 is 5.32 Å². The van der Waals surface area contributed by atoms with E-state index in [1.165, 1.54) is 22.7 Å². The Balaban J connectivity index is 1.87. The summed E-state index contributed by atoms with van der Waals surface area (Å²) in [6.07, 6.45) is 0.670. The summed E-state index contributed by atoms with van der Waals surface area (Å²) in [6, 6.07) is 12.4. The number of aromatic hydroxyl groups is 1. The van der Waals surface area contributed by atoms with E-state index in [-0.39, 0.29) is 23.5 Å². The summed E-state index contributed by atoms with van der Waals surface area (Å²) in [5.74, 6) is -0.793. The molecule has 0 spiro atoms. The first-order valence-corrected chi connectivity index (χ1v) is 13.3. The normalized spacial score (nSPS) is 18.5. The van der Waals surface area contributed by atoms with E-state index in [4.69, 9.17) is 0 Å². The summed E-state index contributed by atoms with van der Waals surface area (Å²) < 4.78 is -0.475. The summed E-state index contributed by atoms with van der Waals surface area (Å²) >= 11 is 1.51. The van der Waals surface area contributed by atoms with Gasteiger partial charge < -0.3 is 20.4 Å². The van der Waals surface area contributed by atoms with E-state index in [0.29, 0.717) is 17.9 Å². The minimum Gasteiger partial charge on any atom is -0.508 e. The number of nitrogens with one attached hydrogen (secondary N) is 1. The highest BCUT2D eigenvalue weighted by Gasteiger charge is 2.49. The molecule has 3 atom stereocenters. The molecule has 36 heavy (non-hydrogen) atoms. The van der Waals surface area contributed by atoms with Crippen LogP contribution in [0.3, 0.4) is 0 Å². The van der Waals surface area contributed by atoms with Gasteiger partial charge in [-0.2, -0.15) is 0 Å². The van der Waals surface area contributed by atoms with Gasteiger partial charge in [-0.05, 0) is 51.3 Å². The fourth-order valence-electron chi connectivity index (χ4n) is 4.57. The van der Waals surface area contributed by atoms with Crippen LogP contribution in [0.25, 0.3) is 0 Å². The Labute approximate surface area is 217 Å². The SMILES string of the molecule is CCCCC(=O)[C@H]1N(C(=O)[C@@H](O)[C@H](Cc2ccccc2)NC(=O)c2cccc(O)c2C)CSC1(C)C. The predicted molar refractivity (Wildman–Crippen MR) is 142 cm³/mol. The van der Waals surface area contributed by atoms with E-state index >= 15 is 0 Å². The fourth-order valence-corrected chi connectivity index (χ4v) is 5.74. The molecule has 2 amide bonds. The van der Waals surface area contributed by atoms with Crippen LogP contribution in [0.2, 0.25) is 0 Å². The lowest BCUT2D eigenvalue weighted by atomic mass is 9.93. The summed E-state index contributed by atoms with van der Waals surface area (Å²) in [4.78, 5) is 41.3. The molecule has 1 aliphatic heterocycles. The van der Waals surface area contributed by atoms with E-state index in [9.17, 15) is 24.6 Å². The average Bonchev–Trinajstić information content (AvgIpc) is 3.18. The van der Waals surface area contributed by atoms with Gasteiger partial charge in [0.15, 0.2) is 11.9 Å². The molecule has 1 heterocycles. The van der Waals surface area contributed by atoms with Crippen LogP contribution in [0.1, 0.15) is 61.5 Å². The highest BCUT2D eigenvalue weighted by atomic mass is 32.2. The third kappa shape index (κ3) is 6.28. The van der Waals surface area contributed by atoms with Crippen LogP contribution in [0, 0.1) is 6.92 Å². The lowest BCUT2D eigenvalue weighted by Gasteiger charge is -2.33. The van der Waals surface area contributed by atoms with Crippen molar-refractivity contribution in [3.05, 3.63) is 65.2 Å². The summed E-state index contributed by atoms with van der Waals surface area (Å²) in [6.45, 7) is 7.53. The second kappa shape index (κ2) is 11.9. The van der Waals surface area contributed by atoms with Crippen LogP contribution in [0.5, 0.6) is 5.75 Å². The number of aliphatic hydroxyl groups excluding tert-OH is 1. The lowest BCUT2D eigenvalue weighted by molar-refractivity contribution is -0.146. The summed E-state index contributed by atoms with van der Waals surface area (Å²) in [5, 5.41) is 24.1. The molecule has 0 radical (unpaired) electrons. The number of hydrogen-bond acceptors (Lipinski definition) is 6. The molecule has 0 saturated carbocycles. The molecular formula is C28H36N2O5S. The number of Topliss-reactive ketones (excluding diaryl/α,β-unsaturated/α-hetero) is 1. The first-order valence-electron chi connectivity index (χ1n) is 12.4. The Morgan fingerprint density at radius 2 is 1.83 bits per heavy atom. The number of phenolic OH excluding ortho intramolecular Hbond substituents is 1. The number of phenols is 1. The van der Waals surface area contributed by atoms with Crippen molar-refractivity contribution in [3.63, 3.8) is 0 Å². The Morgan fingerprint density at radius 3 is 2.50 bits per heavy atom. The van der Waals surface area contributed by atoms with Crippen molar-refractivity contribution in [1.29, 1.82) is 0 Å². The van der Waals surface area contributed by atoms with Gasteiger partial charge >= 0.3 is 0 Å². The van der Waals surface area contributed by atoms with Crippen LogP contribution in [0.15, 0.2) is 48.5 Å². The zero-order valence-electron chi connectivity index (χ0n) is 21.4. The first kappa shape index (κ1) is 27.7. The number of benzene rings is 2. The fraction of sp³-hybridized carbons (Fsp3) is 0.464. The second-order valence-corrected chi connectivity index (χ2v) is 11.4. The zero-order chi connectivity index (χ0) is 26.5. The van der Waals surface area contributed by atoms with Gasteiger partial charge in [0.2, 0.25) is 0 Å². The zero-order valence-corrected chi connectivity index (χ0v) is 22.2. The molecule has 7 nitrogen and oxygen atoms in total. The number of aliphatic hydroxyl groups is 1.